The van der Waals surface area contributed by atoms with Crippen LogP contribution >= 0.6 is 12.0 Å². The summed E-state index contributed by atoms with van der Waals surface area (Å²) in [5.74, 6) is -0.140. The van der Waals surface area contributed by atoms with E-state index in [1.807, 2.05) is 0 Å². The van der Waals surface area contributed by atoms with Crippen molar-refractivity contribution in [1.82, 2.24) is 9.97 Å². The highest BCUT2D eigenvalue weighted by atomic mass is 32.2. The van der Waals surface area contributed by atoms with E-state index in [0.29, 0.717) is 10.3 Å². The maximum atomic E-state index is 10.1. The Balaban J connectivity index is 1.99. The first-order valence-corrected chi connectivity index (χ1v) is 7.63. The lowest BCUT2D eigenvalue weighted by molar-refractivity contribution is -0.432. The Hall–Kier alpha value is -3.48. The molecule has 0 atom stereocenters. The highest BCUT2D eigenvalue weighted by Gasteiger charge is 2.11. The number of hydrogen-bond donors (Lipinski definition) is 3. The van der Waals surface area contributed by atoms with Gasteiger partial charge in [-0.3, -0.25) is 0 Å². The summed E-state index contributed by atoms with van der Waals surface area (Å²) in [5.41, 5.74) is 0.0829. The molecular weight excluding hydrogens is 360 g/mol. The van der Waals surface area contributed by atoms with Crippen LogP contribution in [0, 0.1) is 22.7 Å². The minimum atomic E-state index is -0.107. The molecule has 3 rings (SSSR count). The van der Waals surface area contributed by atoms with Crippen molar-refractivity contribution in [2.75, 3.05) is 0 Å². The van der Waals surface area contributed by atoms with Crippen LogP contribution in [-0.4, -0.2) is 20.3 Å². The molecule has 0 aliphatic heterocycles. The minimum absolute atomic E-state index is 0.0173. The molecule has 0 aliphatic rings. The Kier molecular flexibility index (Phi) is 5.07. The van der Waals surface area contributed by atoms with Gasteiger partial charge >= 0.3 is 0 Å². The van der Waals surface area contributed by atoms with E-state index in [-0.39, 0.29) is 28.8 Å². The molecule has 1 heterocycles. The van der Waals surface area contributed by atoms with E-state index in [9.17, 15) is 5.11 Å². The van der Waals surface area contributed by atoms with Gasteiger partial charge in [0.15, 0.2) is 11.4 Å². The van der Waals surface area contributed by atoms with Crippen LogP contribution in [0.3, 0.4) is 0 Å². The Labute approximate surface area is 150 Å². The Morgan fingerprint density at radius 3 is 2.69 bits per heavy atom. The fourth-order valence-corrected chi connectivity index (χ4v) is 2.57. The summed E-state index contributed by atoms with van der Waals surface area (Å²) in [6, 6.07) is 11.7. The largest absolute Gasteiger partial charge is 0.506 e. The topological polar surface area (TPSA) is 160 Å². The van der Waals surface area contributed by atoms with Crippen molar-refractivity contribution in [2.24, 2.45) is 10.2 Å². The molecule has 0 bridgehead atoms. The van der Waals surface area contributed by atoms with Gasteiger partial charge in [-0.15, -0.1) is 14.6 Å². The van der Waals surface area contributed by atoms with Gasteiger partial charge < -0.3 is 10.1 Å². The number of imidazole rings is 1. The average Bonchev–Trinajstić information content (AvgIpc) is 3.08. The molecule has 11 heteroatoms. The zero-order valence-electron chi connectivity index (χ0n) is 12.7. The number of aromatic nitrogens is 2. The molecule has 0 unspecified atom stereocenters. The molecule has 0 saturated carbocycles. The van der Waals surface area contributed by atoms with E-state index in [1.165, 1.54) is 6.07 Å². The van der Waals surface area contributed by atoms with Crippen LogP contribution in [-0.2, 0) is 9.37 Å². The number of nitrogens with one attached hydrogen (secondary N) is 1. The molecule has 3 aromatic rings. The van der Waals surface area contributed by atoms with Crippen LogP contribution in [0.1, 0.15) is 11.4 Å². The van der Waals surface area contributed by atoms with Crippen molar-refractivity contribution in [2.45, 2.75) is 4.90 Å². The summed E-state index contributed by atoms with van der Waals surface area (Å²) < 4.78 is 4.38. The normalized spacial score (nSPS) is 10.9. The summed E-state index contributed by atoms with van der Waals surface area (Å²) in [4.78, 5) is 7.03. The second-order valence-electron chi connectivity index (χ2n) is 4.75. The number of aromatic hydroxyl groups is 1. The predicted octanol–water partition coefficient (Wildman–Crippen LogP) is 3.86. The van der Waals surface area contributed by atoms with E-state index in [0.717, 1.165) is 17.4 Å². The summed E-state index contributed by atoms with van der Waals surface area (Å²) in [6.07, 6.45) is 0. The molecule has 3 N–H and O–H groups in total. The smallest absolute Gasteiger partial charge is 0.249 e. The maximum absolute atomic E-state index is 10.1. The second-order valence-corrected chi connectivity index (χ2v) is 5.52. The predicted molar refractivity (Wildman–Crippen MR) is 88.5 cm³/mol. The third kappa shape index (κ3) is 3.46. The van der Waals surface area contributed by atoms with E-state index in [2.05, 4.69) is 29.6 Å². The first-order valence-electron chi connectivity index (χ1n) is 6.88. The van der Waals surface area contributed by atoms with Crippen molar-refractivity contribution < 1.29 is 19.7 Å². The molecule has 0 fully saturated rings. The van der Waals surface area contributed by atoms with Crippen LogP contribution in [0.15, 0.2) is 45.5 Å². The number of hydrogen-bond acceptors (Lipinski definition) is 10. The van der Waals surface area contributed by atoms with Gasteiger partial charge in [0.2, 0.25) is 5.95 Å². The van der Waals surface area contributed by atoms with Gasteiger partial charge in [0, 0.05) is 10.3 Å². The minimum Gasteiger partial charge on any atom is -0.506 e. The lowest BCUT2D eigenvalue weighted by atomic mass is 10.1. The van der Waals surface area contributed by atoms with Gasteiger partial charge in [0.25, 0.3) is 0 Å². The Morgan fingerprint density at radius 2 is 2.00 bits per heavy atom. The lowest BCUT2D eigenvalue weighted by Gasteiger charge is -2.05. The van der Waals surface area contributed by atoms with E-state index in [1.54, 1.807) is 36.4 Å². The number of H-pyrrole nitrogens is 1. The number of azo groups is 1. The summed E-state index contributed by atoms with van der Waals surface area (Å²) in [5, 5.41) is 48.8. The van der Waals surface area contributed by atoms with E-state index < -0.39 is 0 Å². The fourth-order valence-electron chi connectivity index (χ4n) is 2.16. The fraction of sp³-hybridized carbons (Fsp3) is 0. The molecule has 0 aliphatic carbocycles. The number of phenols is 1. The summed E-state index contributed by atoms with van der Waals surface area (Å²) >= 11 is 0.800. The van der Waals surface area contributed by atoms with Crippen molar-refractivity contribution in [3.05, 3.63) is 41.7 Å². The van der Waals surface area contributed by atoms with Crippen molar-refractivity contribution >= 4 is 34.5 Å². The van der Waals surface area contributed by atoms with Gasteiger partial charge in [0.1, 0.15) is 23.6 Å². The number of benzene rings is 2. The quantitative estimate of drug-likeness (QED) is 0.265. The highest BCUT2D eigenvalue weighted by molar-refractivity contribution is 7.94. The van der Waals surface area contributed by atoms with E-state index >= 15 is 0 Å². The molecular formula is C15H8N6O4S. The average molecular weight is 368 g/mol. The Bertz CT molecular complexity index is 1050. The summed E-state index contributed by atoms with van der Waals surface area (Å²) in [7, 11) is 0. The summed E-state index contributed by atoms with van der Waals surface area (Å²) in [6.45, 7) is 0. The highest BCUT2D eigenvalue weighted by Crippen LogP contribution is 2.37. The van der Waals surface area contributed by atoms with Crippen LogP contribution in [0.2, 0.25) is 0 Å². The zero-order valence-corrected chi connectivity index (χ0v) is 13.6. The third-order valence-corrected chi connectivity index (χ3v) is 3.83. The first kappa shape index (κ1) is 17.3. The molecule has 26 heavy (non-hydrogen) atoms. The van der Waals surface area contributed by atoms with E-state index in [4.69, 9.17) is 15.8 Å². The lowest BCUT2D eigenvalue weighted by Crippen LogP contribution is -1.81. The number of rotatable bonds is 5. The number of aromatic amines is 1. The standard InChI is InChI=1S/C15H8N6O4S/c16-6-11-12(7-17)19-15(18-11)21-20-14-10-3-2-9(26-25-24-23)5-8(10)1-4-13(14)22/h1-5,22-23H,(H,18,19). The first-order chi connectivity index (χ1) is 12.7. The number of nitrogens with zero attached hydrogens (tertiary/aromatic N) is 5. The van der Waals surface area contributed by atoms with Crippen LogP contribution in [0.4, 0.5) is 11.6 Å². The number of nitriles is 2. The van der Waals surface area contributed by atoms with Crippen molar-refractivity contribution in [3.8, 4) is 17.9 Å². The number of phenolic OH excluding ortho intramolecular Hbond substituents is 1. The van der Waals surface area contributed by atoms with Crippen LogP contribution < -0.4 is 0 Å². The zero-order chi connectivity index (χ0) is 18.5. The molecule has 2 aromatic carbocycles. The number of fused-ring (bicyclic) bond motifs is 1. The van der Waals surface area contributed by atoms with Gasteiger partial charge in [-0.05, 0) is 23.6 Å². The molecule has 0 amide bonds. The molecule has 0 saturated heterocycles. The third-order valence-electron chi connectivity index (χ3n) is 3.26. The van der Waals surface area contributed by atoms with Crippen molar-refractivity contribution in [3.63, 3.8) is 0 Å². The molecule has 0 radical (unpaired) electrons. The van der Waals surface area contributed by atoms with Crippen LogP contribution in [0.5, 0.6) is 5.75 Å². The van der Waals surface area contributed by atoms with Crippen LogP contribution in [0.25, 0.3) is 10.8 Å². The van der Waals surface area contributed by atoms with Gasteiger partial charge in [0.05, 0.1) is 12.0 Å². The van der Waals surface area contributed by atoms with Gasteiger partial charge in [-0.1, -0.05) is 17.2 Å². The molecule has 1 aromatic heterocycles. The monoisotopic (exact) mass is 368 g/mol. The van der Waals surface area contributed by atoms with Crippen molar-refractivity contribution in [1.29, 1.82) is 10.5 Å². The second kappa shape index (κ2) is 7.60. The molecule has 10 nitrogen and oxygen atoms in total. The van der Waals surface area contributed by atoms with Gasteiger partial charge in [-0.2, -0.15) is 15.5 Å². The molecule has 0 spiro atoms. The Morgan fingerprint density at radius 1 is 1.15 bits per heavy atom. The maximum Gasteiger partial charge on any atom is 0.249 e. The molecule has 128 valence electrons. The SMILES string of the molecule is N#Cc1nc(N=Nc2c(O)ccc3cc(SOOO)ccc23)[nH]c1C#N. The van der Waals surface area contributed by atoms with Gasteiger partial charge in [-0.25, -0.2) is 5.26 Å².